The summed E-state index contributed by atoms with van der Waals surface area (Å²) in [5, 5.41) is 81.9. The highest BCUT2D eigenvalue weighted by atomic mass is 16.5. The van der Waals surface area contributed by atoms with Crippen molar-refractivity contribution in [2.45, 2.75) is 111 Å². The average molecular weight is 1070 g/mol. The van der Waals surface area contributed by atoms with Crippen molar-refractivity contribution in [3.05, 3.63) is 142 Å². The zero-order valence-corrected chi connectivity index (χ0v) is 44.3. The van der Waals surface area contributed by atoms with E-state index in [9.17, 15) is 41.2 Å². The summed E-state index contributed by atoms with van der Waals surface area (Å²) < 4.78 is 19.1. The Morgan fingerprint density at radius 1 is 0.658 bits per heavy atom. The lowest BCUT2D eigenvalue weighted by atomic mass is 9.35. The predicted molar refractivity (Wildman–Crippen MR) is 293 cm³/mol. The van der Waals surface area contributed by atoms with Gasteiger partial charge >= 0.3 is 0 Å². The van der Waals surface area contributed by atoms with Gasteiger partial charge in [-0.3, -0.25) is 4.90 Å². The van der Waals surface area contributed by atoms with E-state index in [-0.39, 0.29) is 102 Å². The van der Waals surface area contributed by atoms with Crippen LogP contribution in [0.2, 0.25) is 0 Å². The molecule has 6 heterocycles. The lowest BCUT2D eigenvalue weighted by Crippen LogP contribution is -2.77. The molecule has 15 nitrogen and oxygen atoms in total. The van der Waals surface area contributed by atoms with Gasteiger partial charge in [0.1, 0.15) is 24.5 Å². The molecule has 16 aliphatic rings. The minimum absolute atomic E-state index is 0. The third-order valence-corrected chi connectivity index (χ3v) is 22.9. The van der Waals surface area contributed by atoms with Gasteiger partial charge in [-0.25, -0.2) is 4.85 Å². The second kappa shape index (κ2) is 17.2. The summed E-state index contributed by atoms with van der Waals surface area (Å²) in [7, 11) is 6.54. The highest BCUT2D eigenvalue weighted by Crippen LogP contribution is 2.78. The second-order valence-corrected chi connectivity index (χ2v) is 25.0. The van der Waals surface area contributed by atoms with Crippen molar-refractivity contribution in [1.29, 1.82) is 10.5 Å². The Hall–Kier alpha value is -6.61. The molecule has 0 radical (unpaired) electrons. The summed E-state index contributed by atoms with van der Waals surface area (Å²) in [4.78, 5) is 10.0. The Balaban J connectivity index is 0.000000108. The van der Waals surface area contributed by atoms with E-state index >= 15 is 0 Å². The van der Waals surface area contributed by atoms with Crippen LogP contribution in [0.25, 0.3) is 4.85 Å². The van der Waals surface area contributed by atoms with Crippen LogP contribution in [-0.2, 0) is 35.5 Å². The summed E-state index contributed by atoms with van der Waals surface area (Å²) in [6, 6.07) is 17.3. The number of rotatable bonds is 3. The number of hydrogen-bond acceptors (Lipinski definition) is 14. The van der Waals surface area contributed by atoms with E-state index in [0.29, 0.717) is 35.4 Å². The van der Waals surface area contributed by atoms with Gasteiger partial charge in [0.25, 0.3) is 0 Å². The SMILES string of the molecule is C.CN1CC[C@@]23C4=CC=C(CO)[C@@H]2Oc2c(O)ccc(c23)C[C@H]41.CN1CC[C@]23c4c5ccc(O)c4O[C@H]2[C@@]2(CO)C=C[C@@]3(C[C@@H]2C#N)[C@H]1C5.CN1CC[C@]23c4c5ccc(O)c4O[C@H]2[C@@]2(CO)C=C[C@@]3(C[C@H]2C#N)[C@H]1C5.[C-]#[N+]C=C. The molecule has 5 spiro atoms. The normalized spacial score (nSPS) is 40.5. The molecule has 3 aromatic carbocycles. The number of phenolic OH excluding ortho intramolecular Hbond substituents is 3. The molecule has 3 aromatic rings. The van der Waals surface area contributed by atoms with Gasteiger partial charge in [-0.1, -0.05) is 62.1 Å². The van der Waals surface area contributed by atoms with Crippen molar-refractivity contribution in [3.63, 3.8) is 0 Å². The number of aliphatic hydroxyl groups is 3. The molecule has 15 atom stereocenters. The van der Waals surface area contributed by atoms with Gasteiger partial charge < -0.3 is 54.6 Å². The Morgan fingerprint density at radius 2 is 1.11 bits per heavy atom. The van der Waals surface area contributed by atoms with Gasteiger partial charge in [0.15, 0.2) is 34.5 Å². The van der Waals surface area contributed by atoms with Crippen LogP contribution in [0.15, 0.2) is 96.8 Å². The van der Waals surface area contributed by atoms with Gasteiger partial charge in [0.05, 0.1) is 66.6 Å². The van der Waals surface area contributed by atoms with Gasteiger partial charge in [-0.05, 0) is 138 Å². The molecule has 0 amide bonds. The van der Waals surface area contributed by atoms with Crippen LogP contribution >= 0.6 is 0 Å². The van der Waals surface area contributed by atoms with Crippen molar-refractivity contribution >= 4 is 0 Å². The number of nitriles is 2. The minimum atomic E-state index is -0.697. The number of benzene rings is 3. The number of likely N-dealkylation sites (tertiary alicyclic amines) is 3. The number of piperidine rings is 3. The lowest BCUT2D eigenvalue weighted by Gasteiger charge is -2.70. The highest BCUT2D eigenvalue weighted by molar-refractivity contribution is 5.69. The van der Waals surface area contributed by atoms with E-state index in [1.54, 1.807) is 18.2 Å². The van der Waals surface area contributed by atoms with Gasteiger partial charge in [-0.2, -0.15) is 10.5 Å². The largest absolute Gasteiger partial charge is 0.504 e. The molecule has 410 valence electrons. The molecule has 0 aromatic heterocycles. The molecule has 0 unspecified atom stereocenters. The number of phenols is 3. The van der Waals surface area contributed by atoms with Crippen LogP contribution in [0, 0.1) is 62.7 Å². The summed E-state index contributed by atoms with van der Waals surface area (Å²) in [6.07, 6.45) is 20.5. The maximum atomic E-state index is 10.5. The van der Waals surface area contributed by atoms with Crippen molar-refractivity contribution in [3.8, 4) is 46.6 Å². The van der Waals surface area contributed by atoms with E-state index in [4.69, 9.17) is 20.8 Å². The average Bonchev–Trinajstić information content (AvgIpc) is 1.77. The molecule has 79 heavy (non-hydrogen) atoms. The quantitative estimate of drug-likeness (QED) is 0.120. The van der Waals surface area contributed by atoms with E-state index < -0.39 is 10.8 Å². The molecule has 10 aliphatic carbocycles. The second-order valence-electron chi connectivity index (χ2n) is 25.0. The van der Waals surface area contributed by atoms with E-state index in [2.05, 4.69) is 89.8 Å². The first kappa shape index (κ1) is 51.8. The van der Waals surface area contributed by atoms with E-state index in [1.807, 2.05) is 24.3 Å². The van der Waals surface area contributed by atoms with E-state index in [1.165, 1.54) is 34.0 Å². The number of fused-ring (bicyclic) bond motifs is 2. The van der Waals surface area contributed by atoms with Gasteiger partial charge in [0.2, 0.25) is 0 Å². The number of ether oxygens (including phenoxy) is 3. The molecule has 6 N–H and O–H groups in total. The van der Waals surface area contributed by atoms with Crippen LogP contribution in [-0.4, -0.2) is 142 Å². The van der Waals surface area contributed by atoms with Crippen LogP contribution in [0.5, 0.6) is 34.5 Å². The number of allylic oxidation sites excluding steroid dienone is 2. The zero-order valence-electron chi connectivity index (χ0n) is 44.3. The molecule has 2 saturated carbocycles. The highest BCUT2D eigenvalue weighted by Gasteiger charge is 2.80. The number of likely N-dealkylation sites (N-methyl/N-ethyl adjacent to an activating group) is 3. The van der Waals surface area contributed by atoms with E-state index in [0.717, 1.165) is 87.7 Å². The van der Waals surface area contributed by atoms with Crippen LogP contribution in [0.4, 0.5) is 0 Å². The van der Waals surface area contributed by atoms with Crippen LogP contribution in [0.1, 0.15) is 72.9 Å². The molecule has 19 rings (SSSR count). The molecule has 15 heteroatoms. The maximum absolute atomic E-state index is 10.5. The number of hydrogen-bond donors (Lipinski definition) is 6. The van der Waals surface area contributed by atoms with Gasteiger partial charge in [-0.15, -0.1) is 6.58 Å². The maximum Gasteiger partial charge on any atom is 0.166 e. The number of aliphatic hydroxyl groups excluding tert-OH is 3. The first-order valence-electron chi connectivity index (χ1n) is 27.7. The first-order valence-corrected chi connectivity index (χ1v) is 27.7. The summed E-state index contributed by atoms with van der Waals surface area (Å²) >= 11 is 0. The summed E-state index contributed by atoms with van der Waals surface area (Å²) in [6.45, 7) is 11.8. The smallest absolute Gasteiger partial charge is 0.166 e. The Bertz CT molecular complexity index is 3280. The van der Waals surface area contributed by atoms with Gasteiger partial charge in [0, 0.05) is 56.5 Å². The van der Waals surface area contributed by atoms with Crippen molar-refractivity contribution in [1.82, 2.24) is 14.7 Å². The fourth-order valence-electron chi connectivity index (χ4n) is 19.6. The van der Waals surface area contributed by atoms with Crippen LogP contribution in [0.3, 0.4) is 0 Å². The first-order chi connectivity index (χ1) is 37.7. The molecular formula is C64H70N6O9. The Morgan fingerprint density at radius 3 is 1.56 bits per heavy atom. The Kier molecular flexibility index (Phi) is 11.3. The lowest BCUT2D eigenvalue weighted by molar-refractivity contribution is -0.170. The monoisotopic (exact) mass is 1070 g/mol. The third kappa shape index (κ3) is 5.76. The fraction of sp³-hybridized carbons (Fsp3) is 0.516. The molecule has 3 saturated heterocycles. The van der Waals surface area contributed by atoms with Crippen LogP contribution < -0.4 is 14.2 Å². The summed E-state index contributed by atoms with van der Waals surface area (Å²) in [5.41, 5.74) is 7.15. The minimum Gasteiger partial charge on any atom is -0.504 e. The van der Waals surface area contributed by atoms with Crippen molar-refractivity contribution < 1.29 is 44.8 Å². The molecular weight excluding hydrogens is 997 g/mol. The van der Waals surface area contributed by atoms with Crippen molar-refractivity contribution in [2.75, 3.05) is 60.6 Å². The predicted octanol–water partition coefficient (Wildman–Crippen LogP) is 6.65. The third-order valence-electron chi connectivity index (χ3n) is 22.9. The number of aromatic hydroxyl groups is 3. The molecule has 5 fully saturated rings. The topological polar surface area (TPSA) is 211 Å². The molecule has 6 aliphatic heterocycles. The summed E-state index contributed by atoms with van der Waals surface area (Å²) in [5.74, 6) is 1.86. The fourth-order valence-corrected chi connectivity index (χ4v) is 19.6. The zero-order chi connectivity index (χ0) is 54.3. The Labute approximate surface area is 462 Å². The standard InChI is InChI=1S/2C21H22N2O3.C18H19NO3.C3H3N.CH4/c2*1-23-7-6-21-16-12-2-3-14(25)17(16)26-18(21)19(11-24)4-5-20(21,15(23)8-12)9-13(19)10-22;1-19-7-6-18-12-4-2-11(9-20)17(18)22-16-14(21)5-3-10(15(16)18)8-13(12)19;1-3-4-2;/h2*2-5,13,15,18,24-25H,6-9,11H2,1H3;2-5,13,17,20-21H,6-9H2,1H3;3H,1H2;1H4/t13-,15+,18-,19+,20+,21-;13-,15-,18+,19-,20-,21+;13-,17+,18+;;/m011../s1. The molecule has 10 bridgehead atoms. The van der Waals surface area contributed by atoms with Crippen molar-refractivity contribution in [2.24, 2.45) is 33.5 Å². The number of nitrogens with zero attached hydrogens (tertiary/aromatic N) is 6.